The van der Waals surface area contributed by atoms with Gasteiger partial charge in [0.2, 0.25) is 5.91 Å². The zero-order chi connectivity index (χ0) is 14.3. The molecule has 0 aliphatic heterocycles. The fourth-order valence-corrected chi connectivity index (χ4v) is 1.74. The summed E-state index contributed by atoms with van der Waals surface area (Å²) in [7, 11) is 0. The molecule has 0 heterocycles. The highest BCUT2D eigenvalue weighted by Gasteiger charge is 2.25. The molecule has 1 amide bonds. The number of rotatable bonds is 6. The molecule has 0 spiro atoms. The molecule has 0 aliphatic rings. The summed E-state index contributed by atoms with van der Waals surface area (Å²) in [5.74, 6) is -0.546. The van der Waals surface area contributed by atoms with E-state index in [1.54, 1.807) is 6.92 Å². The Bertz CT molecular complexity index is 415. The third kappa shape index (κ3) is 5.12. The lowest BCUT2D eigenvalue weighted by Gasteiger charge is -2.20. The Morgan fingerprint density at radius 3 is 2.37 bits per heavy atom. The minimum absolute atomic E-state index is 0.00114. The van der Waals surface area contributed by atoms with Gasteiger partial charge in [-0.3, -0.25) is 4.79 Å². The van der Waals surface area contributed by atoms with Gasteiger partial charge in [0.25, 0.3) is 0 Å². The number of nitrogens with one attached hydrogen (secondary N) is 1. The Labute approximate surface area is 114 Å². The maximum atomic E-state index is 11.9. The van der Waals surface area contributed by atoms with E-state index in [9.17, 15) is 9.59 Å². The Balaban J connectivity index is 2.59. The van der Waals surface area contributed by atoms with Crippen molar-refractivity contribution in [2.45, 2.75) is 33.2 Å². The van der Waals surface area contributed by atoms with Gasteiger partial charge in [0.1, 0.15) is 6.04 Å². The molecule has 1 aromatic carbocycles. The van der Waals surface area contributed by atoms with Crippen molar-refractivity contribution in [3.05, 3.63) is 35.9 Å². The first-order chi connectivity index (χ1) is 9.04. The monoisotopic (exact) mass is 263 g/mol. The molecular formula is C15H21NO3. The van der Waals surface area contributed by atoms with Crippen LogP contribution in [0.15, 0.2) is 30.3 Å². The first kappa shape index (κ1) is 15.2. The molecule has 104 valence electrons. The highest BCUT2D eigenvalue weighted by atomic mass is 16.5. The molecule has 1 aromatic rings. The van der Waals surface area contributed by atoms with Gasteiger partial charge in [0.05, 0.1) is 13.0 Å². The van der Waals surface area contributed by atoms with Gasteiger partial charge < -0.3 is 10.1 Å². The van der Waals surface area contributed by atoms with E-state index in [1.165, 1.54) is 0 Å². The number of ether oxygens (including phenoxy) is 1. The largest absolute Gasteiger partial charge is 0.464 e. The molecular weight excluding hydrogens is 242 g/mol. The molecule has 1 atom stereocenters. The molecule has 0 bridgehead atoms. The maximum absolute atomic E-state index is 11.9. The van der Waals surface area contributed by atoms with Crippen LogP contribution < -0.4 is 5.32 Å². The number of hydrogen-bond donors (Lipinski definition) is 1. The minimum Gasteiger partial charge on any atom is -0.464 e. The van der Waals surface area contributed by atoms with Crippen molar-refractivity contribution in [1.82, 2.24) is 5.32 Å². The fourth-order valence-electron chi connectivity index (χ4n) is 1.74. The highest BCUT2D eigenvalue weighted by molar-refractivity contribution is 5.85. The molecule has 1 unspecified atom stereocenters. The molecule has 0 saturated heterocycles. The molecule has 19 heavy (non-hydrogen) atoms. The van der Waals surface area contributed by atoms with Crippen molar-refractivity contribution >= 4 is 11.9 Å². The maximum Gasteiger partial charge on any atom is 0.328 e. The molecule has 1 N–H and O–H groups in total. The van der Waals surface area contributed by atoms with Crippen LogP contribution in [0.4, 0.5) is 0 Å². The second-order valence-corrected chi connectivity index (χ2v) is 4.70. The van der Waals surface area contributed by atoms with Gasteiger partial charge in [-0.25, -0.2) is 4.79 Å². The summed E-state index contributed by atoms with van der Waals surface area (Å²) in [6, 6.07) is 8.85. The zero-order valence-electron chi connectivity index (χ0n) is 11.7. The van der Waals surface area contributed by atoms with Gasteiger partial charge >= 0.3 is 5.97 Å². The SMILES string of the molecule is CCOC(=O)C(NC(=O)Cc1ccccc1)C(C)C. The second-order valence-electron chi connectivity index (χ2n) is 4.70. The standard InChI is InChI=1S/C15H21NO3/c1-4-19-15(18)14(11(2)3)16-13(17)10-12-8-6-5-7-9-12/h5-9,11,14H,4,10H2,1-3H3,(H,16,17). The van der Waals surface area contributed by atoms with E-state index in [1.807, 2.05) is 44.2 Å². The lowest BCUT2D eigenvalue weighted by molar-refractivity contribution is -0.148. The van der Waals surface area contributed by atoms with Crippen LogP contribution in [0.2, 0.25) is 0 Å². The predicted octanol–water partition coefficient (Wildman–Crippen LogP) is 1.93. The van der Waals surface area contributed by atoms with Crippen LogP contribution in [-0.4, -0.2) is 24.5 Å². The second kappa shape index (κ2) is 7.56. The van der Waals surface area contributed by atoms with E-state index in [0.717, 1.165) is 5.56 Å². The van der Waals surface area contributed by atoms with Crippen LogP contribution in [0.25, 0.3) is 0 Å². The van der Waals surface area contributed by atoms with Crippen molar-refractivity contribution in [3.63, 3.8) is 0 Å². The average molecular weight is 263 g/mol. The van der Waals surface area contributed by atoms with E-state index in [2.05, 4.69) is 5.32 Å². The fraction of sp³-hybridized carbons (Fsp3) is 0.467. The van der Waals surface area contributed by atoms with Gasteiger partial charge in [-0.05, 0) is 18.4 Å². The Morgan fingerprint density at radius 2 is 1.84 bits per heavy atom. The van der Waals surface area contributed by atoms with E-state index in [-0.39, 0.29) is 24.2 Å². The quantitative estimate of drug-likeness (QED) is 0.798. The van der Waals surface area contributed by atoms with Gasteiger partial charge in [-0.1, -0.05) is 44.2 Å². The lowest BCUT2D eigenvalue weighted by Crippen LogP contribution is -2.45. The van der Waals surface area contributed by atoms with Crippen LogP contribution in [-0.2, 0) is 20.7 Å². The molecule has 0 saturated carbocycles. The number of benzene rings is 1. The van der Waals surface area contributed by atoms with E-state index < -0.39 is 6.04 Å². The molecule has 0 aromatic heterocycles. The van der Waals surface area contributed by atoms with Crippen molar-refractivity contribution in [1.29, 1.82) is 0 Å². The number of carbonyl (C=O) groups is 2. The molecule has 0 fully saturated rings. The highest BCUT2D eigenvalue weighted by Crippen LogP contribution is 2.06. The van der Waals surface area contributed by atoms with Crippen LogP contribution in [0, 0.1) is 5.92 Å². The Kier molecular flexibility index (Phi) is 6.06. The van der Waals surface area contributed by atoms with E-state index in [4.69, 9.17) is 4.74 Å². The summed E-state index contributed by atoms with van der Waals surface area (Å²) in [4.78, 5) is 23.7. The summed E-state index contributed by atoms with van der Waals surface area (Å²) < 4.78 is 4.96. The van der Waals surface area contributed by atoms with Crippen LogP contribution >= 0.6 is 0 Å². The molecule has 4 heteroatoms. The lowest BCUT2D eigenvalue weighted by atomic mass is 10.0. The molecule has 0 aliphatic carbocycles. The first-order valence-electron chi connectivity index (χ1n) is 6.54. The van der Waals surface area contributed by atoms with Crippen molar-refractivity contribution in [2.75, 3.05) is 6.61 Å². The van der Waals surface area contributed by atoms with Crippen molar-refractivity contribution in [3.8, 4) is 0 Å². The summed E-state index contributed by atoms with van der Waals surface area (Å²) in [6.07, 6.45) is 0.267. The van der Waals surface area contributed by atoms with Crippen LogP contribution in [0.1, 0.15) is 26.3 Å². The topological polar surface area (TPSA) is 55.4 Å². The number of hydrogen-bond acceptors (Lipinski definition) is 3. The Morgan fingerprint density at radius 1 is 1.21 bits per heavy atom. The third-order valence-electron chi connectivity index (χ3n) is 2.73. The first-order valence-corrected chi connectivity index (χ1v) is 6.54. The summed E-state index contributed by atoms with van der Waals surface area (Å²) >= 11 is 0. The zero-order valence-corrected chi connectivity index (χ0v) is 11.7. The predicted molar refractivity (Wildman–Crippen MR) is 73.5 cm³/mol. The summed E-state index contributed by atoms with van der Waals surface area (Å²) in [5, 5.41) is 2.74. The Hall–Kier alpha value is -1.84. The van der Waals surface area contributed by atoms with Gasteiger partial charge in [-0.2, -0.15) is 0 Å². The summed E-state index contributed by atoms with van der Waals surface area (Å²) in [6.45, 7) is 5.83. The third-order valence-corrected chi connectivity index (χ3v) is 2.73. The van der Waals surface area contributed by atoms with Gasteiger partial charge in [0.15, 0.2) is 0 Å². The smallest absolute Gasteiger partial charge is 0.328 e. The number of amides is 1. The van der Waals surface area contributed by atoms with Crippen molar-refractivity contribution < 1.29 is 14.3 Å². The minimum atomic E-state index is -0.587. The molecule has 1 rings (SSSR count). The average Bonchev–Trinajstić information content (AvgIpc) is 2.37. The number of carbonyl (C=O) groups excluding carboxylic acids is 2. The normalized spacial score (nSPS) is 12.0. The number of esters is 1. The van der Waals surface area contributed by atoms with Crippen molar-refractivity contribution in [2.24, 2.45) is 5.92 Å². The van der Waals surface area contributed by atoms with Gasteiger partial charge in [0, 0.05) is 0 Å². The van der Waals surface area contributed by atoms with Crippen LogP contribution in [0.3, 0.4) is 0 Å². The van der Waals surface area contributed by atoms with E-state index in [0.29, 0.717) is 6.61 Å². The van der Waals surface area contributed by atoms with Crippen LogP contribution in [0.5, 0.6) is 0 Å². The van der Waals surface area contributed by atoms with Gasteiger partial charge in [-0.15, -0.1) is 0 Å². The van der Waals surface area contributed by atoms with E-state index >= 15 is 0 Å². The molecule has 4 nitrogen and oxygen atoms in total. The summed E-state index contributed by atoms with van der Waals surface area (Å²) in [5.41, 5.74) is 0.923. The molecule has 0 radical (unpaired) electrons.